The molecule has 3 heterocycles. The van der Waals surface area contributed by atoms with Gasteiger partial charge in [0, 0.05) is 45.5 Å². The van der Waals surface area contributed by atoms with Gasteiger partial charge in [0.25, 0.3) is 0 Å². The van der Waals surface area contributed by atoms with E-state index in [2.05, 4.69) is 75.1 Å². The predicted octanol–water partition coefficient (Wildman–Crippen LogP) is 4.71. The van der Waals surface area contributed by atoms with Crippen LogP contribution >= 0.6 is 0 Å². The lowest BCUT2D eigenvalue weighted by Gasteiger charge is -2.39. The van der Waals surface area contributed by atoms with Crippen molar-refractivity contribution in [2.24, 2.45) is 0 Å². The lowest BCUT2D eigenvalue weighted by atomic mass is 9.86. The lowest BCUT2D eigenvalue weighted by Crippen LogP contribution is -2.47. The van der Waals surface area contributed by atoms with Crippen molar-refractivity contribution in [3.8, 4) is 17.2 Å². The number of pyridine rings is 1. The largest absolute Gasteiger partial charge is 0.367 e. The minimum atomic E-state index is 0.882. The Balaban J connectivity index is 1.51. The third kappa shape index (κ3) is 4.31. The fourth-order valence-corrected chi connectivity index (χ4v) is 5.27. The van der Waals surface area contributed by atoms with E-state index >= 15 is 0 Å². The van der Waals surface area contributed by atoms with Gasteiger partial charge in [0.15, 0.2) is 0 Å². The average Bonchev–Trinajstić information content (AvgIpc) is 2.89. The van der Waals surface area contributed by atoms with Crippen LogP contribution in [-0.2, 0) is 13.0 Å². The SMILES string of the molecule is CCCN1CCc2c(C#N)c(N3CCN(c4ccccn4)CC3)cc(-c3ccccc3)c2C1. The molecular weight excluding hydrogens is 406 g/mol. The molecule has 2 aromatic carbocycles. The van der Waals surface area contributed by atoms with E-state index in [1.165, 1.54) is 22.3 Å². The van der Waals surface area contributed by atoms with Gasteiger partial charge in [-0.05, 0) is 59.8 Å². The van der Waals surface area contributed by atoms with Gasteiger partial charge >= 0.3 is 0 Å². The van der Waals surface area contributed by atoms with Crippen LogP contribution in [0.25, 0.3) is 11.1 Å². The van der Waals surface area contributed by atoms with Gasteiger partial charge in [-0.2, -0.15) is 5.26 Å². The Hall–Kier alpha value is -3.36. The second kappa shape index (κ2) is 9.64. The van der Waals surface area contributed by atoms with Crippen molar-refractivity contribution in [3.63, 3.8) is 0 Å². The summed E-state index contributed by atoms with van der Waals surface area (Å²) < 4.78 is 0. The van der Waals surface area contributed by atoms with Crippen LogP contribution < -0.4 is 9.80 Å². The number of benzene rings is 2. The fraction of sp³-hybridized carbons (Fsp3) is 0.357. The minimum absolute atomic E-state index is 0.882. The highest BCUT2D eigenvalue weighted by Crippen LogP contribution is 2.38. The summed E-state index contributed by atoms with van der Waals surface area (Å²) in [6, 6.07) is 21.7. The van der Waals surface area contributed by atoms with Crippen LogP contribution in [0.5, 0.6) is 0 Å². The molecule has 0 bridgehead atoms. The summed E-state index contributed by atoms with van der Waals surface area (Å²) in [7, 11) is 0. The number of hydrogen-bond donors (Lipinski definition) is 0. The van der Waals surface area contributed by atoms with E-state index in [-0.39, 0.29) is 0 Å². The third-order valence-corrected chi connectivity index (χ3v) is 6.92. The zero-order valence-corrected chi connectivity index (χ0v) is 19.4. The number of aromatic nitrogens is 1. The Bertz CT molecular complexity index is 1130. The van der Waals surface area contributed by atoms with Crippen molar-refractivity contribution >= 4 is 11.5 Å². The molecule has 0 radical (unpaired) electrons. The van der Waals surface area contributed by atoms with E-state index in [9.17, 15) is 5.26 Å². The number of piperazine rings is 1. The molecular formula is C28H31N5. The monoisotopic (exact) mass is 437 g/mol. The Labute approximate surface area is 196 Å². The molecule has 2 aliphatic heterocycles. The van der Waals surface area contributed by atoms with Crippen molar-refractivity contribution in [3.05, 3.63) is 77.5 Å². The highest BCUT2D eigenvalue weighted by Gasteiger charge is 2.28. The Kier molecular flexibility index (Phi) is 6.28. The van der Waals surface area contributed by atoms with Crippen molar-refractivity contribution in [2.45, 2.75) is 26.3 Å². The molecule has 0 spiro atoms. The van der Waals surface area contributed by atoms with Crippen LogP contribution in [0.3, 0.4) is 0 Å². The van der Waals surface area contributed by atoms with E-state index in [1.54, 1.807) is 0 Å². The smallest absolute Gasteiger partial charge is 0.128 e. The van der Waals surface area contributed by atoms with E-state index in [4.69, 9.17) is 0 Å². The van der Waals surface area contributed by atoms with Gasteiger partial charge in [0.1, 0.15) is 11.9 Å². The van der Waals surface area contributed by atoms with Crippen molar-refractivity contribution in [1.29, 1.82) is 5.26 Å². The van der Waals surface area contributed by atoms with Gasteiger partial charge in [0.2, 0.25) is 0 Å². The zero-order valence-electron chi connectivity index (χ0n) is 19.4. The quantitative estimate of drug-likeness (QED) is 0.578. The van der Waals surface area contributed by atoms with Gasteiger partial charge in [-0.1, -0.05) is 43.3 Å². The molecule has 0 aliphatic carbocycles. The van der Waals surface area contributed by atoms with Gasteiger partial charge in [-0.25, -0.2) is 4.98 Å². The topological polar surface area (TPSA) is 46.4 Å². The summed E-state index contributed by atoms with van der Waals surface area (Å²) >= 11 is 0. The molecule has 0 N–H and O–H groups in total. The predicted molar refractivity (Wildman–Crippen MR) is 135 cm³/mol. The van der Waals surface area contributed by atoms with Crippen LogP contribution in [0.15, 0.2) is 60.8 Å². The van der Waals surface area contributed by atoms with Crippen LogP contribution in [-0.4, -0.2) is 49.2 Å². The molecule has 33 heavy (non-hydrogen) atoms. The Morgan fingerprint density at radius 3 is 2.36 bits per heavy atom. The summed E-state index contributed by atoms with van der Waals surface area (Å²) in [6.07, 6.45) is 3.95. The second-order valence-electron chi connectivity index (χ2n) is 8.94. The first kappa shape index (κ1) is 21.5. The van der Waals surface area contributed by atoms with Crippen LogP contribution in [0, 0.1) is 11.3 Å². The van der Waals surface area contributed by atoms with Crippen LogP contribution in [0.4, 0.5) is 11.5 Å². The number of fused-ring (bicyclic) bond motifs is 1. The second-order valence-corrected chi connectivity index (χ2v) is 8.94. The number of nitrogens with zero attached hydrogens (tertiary/aromatic N) is 5. The van der Waals surface area contributed by atoms with E-state index in [1.807, 2.05) is 18.3 Å². The van der Waals surface area contributed by atoms with Crippen LogP contribution in [0.2, 0.25) is 0 Å². The van der Waals surface area contributed by atoms with Crippen molar-refractivity contribution in [2.75, 3.05) is 49.1 Å². The lowest BCUT2D eigenvalue weighted by molar-refractivity contribution is 0.255. The van der Waals surface area contributed by atoms with E-state index in [0.29, 0.717) is 0 Å². The number of nitriles is 1. The molecule has 1 aromatic heterocycles. The molecule has 5 rings (SSSR count). The highest BCUT2D eigenvalue weighted by atomic mass is 15.3. The van der Waals surface area contributed by atoms with Gasteiger partial charge < -0.3 is 9.80 Å². The molecule has 3 aromatic rings. The first-order chi connectivity index (χ1) is 16.3. The normalized spacial score (nSPS) is 16.4. The molecule has 0 unspecified atom stereocenters. The zero-order chi connectivity index (χ0) is 22.6. The maximum absolute atomic E-state index is 10.3. The first-order valence-electron chi connectivity index (χ1n) is 12.1. The average molecular weight is 438 g/mol. The fourth-order valence-electron chi connectivity index (χ4n) is 5.27. The summed E-state index contributed by atoms with van der Waals surface area (Å²) in [6.45, 7) is 8.89. The minimum Gasteiger partial charge on any atom is -0.367 e. The van der Waals surface area contributed by atoms with Crippen LogP contribution in [0.1, 0.15) is 30.0 Å². The number of rotatable bonds is 5. The van der Waals surface area contributed by atoms with Gasteiger partial charge in [-0.3, -0.25) is 4.90 Å². The molecule has 168 valence electrons. The molecule has 0 amide bonds. The number of hydrogen-bond acceptors (Lipinski definition) is 5. The first-order valence-corrected chi connectivity index (χ1v) is 12.1. The summed E-state index contributed by atoms with van der Waals surface area (Å²) in [5.74, 6) is 1.03. The van der Waals surface area contributed by atoms with Gasteiger partial charge in [-0.15, -0.1) is 0 Å². The van der Waals surface area contributed by atoms with E-state index < -0.39 is 0 Å². The Morgan fingerprint density at radius 2 is 1.67 bits per heavy atom. The molecule has 5 heteroatoms. The summed E-state index contributed by atoms with van der Waals surface area (Å²) in [5, 5.41) is 10.3. The summed E-state index contributed by atoms with van der Waals surface area (Å²) in [5.41, 5.74) is 7.10. The maximum Gasteiger partial charge on any atom is 0.128 e. The van der Waals surface area contributed by atoms with Crippen molar-refractivity contribution in [1.82, 2.24) is 9.88 Å². The summed E-state index contributed by atoms with van der Waals surface area (Å²) in [4.78, 5) is 11.8. The molecule has 5 nitrogen and oxygen atoms in total. The number of anilines is 2. The molecule has 1 fully saturated rings. The molecule has 1 saturated heterocycles. The molecule has 0 saturated carbocycles. The van der Waals surface area contributed by atoms with E-state index in [0.717, 1.165) is 75.7 Å². The standard InChI is InChI=1S/C28H31N5/c1-2-13-31-14-11-23-25(20-29)27(19-24(26(23)21-31)22-8-4-3-5-9-22)32-15-17-33(18-16-32)28-10-6-7-12-30-28/h3-10,12,19H,2,11,13-18,21H2,1H3. The highest BCUT2D eigenvalue weighted by molar-refractivity contribution is 5.79. The molecule has 2 aliphatic rings. The van der Waals surface area contributed by atoms with Crippen molar-refractivity contribution < 1.29 is 0 Å². The Morgan fingerprint density at radius 1 is 0.909 bits per heavy atom. The third-order valence-electron chi connectivity index (χ3n) is 6.92. The molecule has 0 atom stereocenters. The maximum atomic E-state index is 10.3. The van der Waals surface area contributed by atoms with Gasteiger partial charge in [0.05, 0.1) is 11.3 Å².